The zero-order chi connectivity index (χ0) is 11.2. The third kappa shape index (κ3) is 3.48. The van der Waals surface area contributed by atoms with E-state index in [4.69, 9.17) is 4.74 Å². The number of hydrogen-bond acceptors (Lipinski definition) is 3. The van der Waals surface area contributed by atoms with Crippen molar-refractivity contribution in [2.45, 2.75) is 44.9 Å². The van der Waals surface area contributed by atoms with Crippen LogP contribution in [0.3, 0.4) is 0 Å². The zero-order valence-corrected chi connectivity index (χ0v) is 10.0. The van der Waals surface area contributed by atoms with E-state index in [0.717, 1.165) is 38.3 Å². The van der Waals surface area contributed by atoms with Crippen LogP contribution in [0.15, 0.2) is 0 Å². The maximum atomic E-state index is 11.7. The van der Waals surface area contributed by atoms with Gasteiger partial charge in [0, 0.05) is 0 Å². The first-order valence-corrected chi connectivity index (χ1v) is 6.73. The fraction of sp³-hybridized carbons (Fsp3) is 0.923. The smallest absolute Gasteiger partial charge is 0.308 e. The molecular formula is C13H23NO2. The molecule has 16 heavy (non-hydrogen) atoms. The molecular weight excluding hydrogens is 202 g/mol. The highest BCUT2D eigenvalue weighted by Crippen LogP contribution is 2.26. The van der Waals surface area contributed by atoms with Gasteiger partial charge in [0.1, 0.15) is 0 Å². The van der Waals surface area contributed by atoms with E-state index in [1.165, 1.54) is 25.7 Å². The molecule has 3 heteroatoms. The lowest BCUT2D eigenvalue weighted by Crippen LogP contribution is -2.28. The van der Waals surface area contributed by atoms with Crippen molar-refractivity contribution in [2.75, 3.05) is 19.7 Å². The molecule has 92 valence electrons. The standard InChI is InChI=1S/C13H23NO2/c15-13(12-3-1-2-4-12)16-10-7-11-5-8-14-9-6-11/h11-12,14H,1-10H2. The summed E-state index contributed by atoms with van der Waals surface area (Å²) in [6.07, 6.45) is 8.03. The summed E-state index contributed by atoms with van der Waals surface area (Å²) in [5.41, 5.74) is 0. The van der Waals surface area contributed by atoms with Crippen LogP contribution < -0.4 is 5.32 Å². The molecule has 0 aromatic heterocycles. The fourth-order valence-electron chi connectivity index (χ4n) is 2.78. The average molecular weight is 225 g/mol. The molecule has 2 fully saturated rings. The number of piperidine rings is 1. The van der Waals surface area contributed by atoms with Gasteiger partial charge in [-0.15, -0.1) is 0 Å². The third-order valence-corrected chi connectivity index (χ3v) is 3.92. The molecule has 2 rings (SSSR count). The van der Waals surface area contributed by atoms with Crippen molar-refractivity contribution in [1.29, 1.82) is 0 Å². The molecule has 1 N–H and O–H groups in total. The van der Waals surface area contributed by atoms with Crippen molar-refractivity contribution in [3.05, 3.63) is 0 Å². The highest BCUT2D eigenvalue weighted by molar-refractivity contribution is 5.72. The molecule has 1 saturated carbocycles. The molecule has 0 aromatic carbocycles. The van der Waals surface area contributed by atoms with Gasteiger partial charge >= 0.3 is 5.97 Å². The number of rotatable bonds is 4. The van der Waals surface area contributed by atoms with Gasteiger partial charge in [-0.1, -0.05) is 12.8 Å². The maximum Gasteiger partial charge on any atom is 0.308 e. The summed E-state index contributed by atoms with van der Waals surface area (Å²) >= 11 is 0. The summed E-state index contributed by atoms with van der Waals surface area (Å²) in [6, 6.07) is 0. The second-order valence-electron chi connectivity index (χ2n) is 5.13. The normalized spacial score (nSPS) is 23.5. The molecule has 0 radical (unpaired) electrons. The van der Waals surface area contributed by atoms with Gasteiger partial charge in [0.15, 0.2) is 0 Å². The summed E-state index contributed by atoms with van der Waals surface area (Å²) in [4.78, 5) is 11.7. The van der Waals surface area contributed by atoms with E-state index in [2.05, 4.69) is 5.32 Å². The first-order chi connectivity index (χ1) is 7.86. The van der Waals surface area contributed by atoms with E-state index in [9.17, 15) is 4.79 Å². The van der Waals surface area contributed by atoms with Gasteiger partial charge in [0.05, 0.1) is 12.5 Å². The quantitative estimate of drug-likeness (QED) is 0.745. The van der Waals surface area contributed by atoms with Gasteiger partial charge in [0.2, 0.25) is 0 Å². The van der Waals surface area contributed by atoms with Gasteiger partial charge in [0.25, 0.3) is 0 Å². The molecule has 2 aliphatic rings. The van der Waals surface area contributed by atoms with Crippen LogP contribution in [0, 0.1) is 11.8 Å². The van der Waals surface area contributed by atoms with Crippen molar-refractivity contribution in [2.24, 2.45) is 11.8 Å². The summed E-state index contributed by atoms with van der Waals surface area (Å²) in [6.45, 7) is 2.89. The maximum absolute atomic E-state index is 11.7. The van der Waals surface area contributed by atoms with Gasteiger partial charge in [-0.2, -0.15) is 0 Å². The van der Waals surface area contributed by atoms with Crippen LogP contribution in [0.2, 0.25) is 0 Å². The summed E-state index contributed by atoms with van der Waals surface area (Å²) < 4.78 is 5.37. The van der Waals surface area contributed by atoms with Crippen molar-refractivity contribution in [1.82, 2.24) is 5.32 Å². The van der Waals surface area contributed by atoms with Crippen molar-refractivity contribution < 1.29 is 9.53 Å². The predicted octanol–water partition coefficient (Wildman–Crippen LogP) is 2.11. The molecule has 0 spiro atoms. The van der Waals surface area contributed by atoms with Crippen molar-refractivity contribution >= 4 is 5.97 Å². The summed E-state index contributed by atoms with van der Waals surface area (Å²) in [7, 11) is 0. The molecule has 0 bridgehead atoms. The number of ether oxygens (including phenoxy) is 1. The molecule has 1 saturated heterocycles. The lowest BCUT2D eigenvalue weighted by molar-refractivity contribution is -0.148. The highest BCUT2D eigenvalue weighted by atomic mass is 16.5. The van der Waals surface area contributed by atoms with E-state index in [1.807, 2.05) is 0 Å². The molecule has 0 atom stereocenters. The van der Waals surface area contributed by atoms with E-state index in [0.29, 0.717) is 6.61 Å². The lowest BCUT2D eigenvalue weighted by Gasteiger charge is -2.22. The largest absolute Gasteiger partial charge is 0.465 e. The number of carbonyl (C=O) groups is 1. The van der Waals surface area contributed by atoms with Crippen LogP contribution in [0.1, 0.15) is 44.9 Å². The minimum Gasteiger partial charge on any atom is -0.465 e. The monoisotopic (exact) mass is 225 g/mol. The van der Waals surface area contributed by atoms with Crippen molar-refractivity contribution in [3.63, 3.8) is 0 Å². The Hall–Kier alpha value is -0.570. The molecule has 0 amide bonds. The molecule has 1 heterocycles. The SMILES string of the molecule is O=C(OCCC1CCNCC1)C1CCCC1. The molecule has 1 aliphatic heterocycles. The summed E-state index contributed by atoms with van der Waals surface area (Å²) in [5, 5.41) is 3.35. The number of carbonyl (C=O) groups excluding carboxylic acids is 1. The number of esters is 1. The number of hydrogen-bond donors (Lipinski definition) is 1. The second-order valence-corrected chi connectivity index (χ2v) is 5.13. The van der Waals surface area contributed by atoms with Gasteiger partial charge in [-0.05, 0) is 51.1 Å². The van der Waals surface area contributed by atoms with Gasteiger partial charge < -0.3 is 10.1 Å². The predicted molar refractivity (Wildman–Crippen MR) is 63.1 cm³/mol. The van der Waals surface area contributed by atoms with E-state index in [1.54, 1.807) is 0 Å². The minimum atomic E-state index is 0.0615. The Morgan fingerprint density at radius 2 is 1.81 bits per heavy atom. The third-order valence-electron chi connectivity index (χ3n) is 3.92. The van der Waals surface area contributed by atoms with Gasteiger partial charge in [-0.3, -0.25) is 4.79 Å². The average Bonchev–Trinajstić information content (AvgIpc) is 2.84. The van der Waals surface area contributed by atoms with E-state index < -0.39 is 0 Å². The Labute approximate surface area is 97.9 Å². The van der Waals surface area contributed by atoms with Crippen molar-refractivity contribution in [3.8, 4) is 0 Å². The first-order valence-electron chi connectivity index (χ1n) is 6.73. The first kappa shape index (κ1) is 11.9. The highest BCUT2D eigenvalue weighted by Gasteiger charge is 2.24. The summed E-state index contributed by atoms with van der Waals surface area (Å²) in [5.74, 6) is 1.04. The molecule has 3 nitrogen and oxygen atoms in total. The Morgan fingerprint density at radius 1 is 1.12 bits per heavy atom. The Morgan fingerprint density at radius 3 is 2.50 bits per heavy atom. The Kier molecular flexibility index (Phi) is 4.64. The number of nitrogens with one attached hydrogen (secondary N) is 1. The van der Waals surface area contributed by atoms with Crippen LogP contribution in [-0.2, 0) is 9.53 Å². The Bertz CT molecular complexity index is 218. The molecule has 0 aromatic rings. The van der Waals surface area contributed by atoms with Crippen LogP contribution in [-0.4, -0.2) is 25.7 Å². The fourth-order valence-corrected chi connectivity index (χ4v) is 2.78. The Balaban J connectivity index is 1.57. The van der Waals surface area contributed by atoms with E-state index >= 15 is 0 Å². The molecule has 0 unspecified atom stereocenters. The van der Waals surface area contributed by atoms with E-state index in [-0.39, 0.29) is 11.9 Å². The second kappa shape index (κ2) is 6.24. The van der Waals surface area contributed by atoms with Gasteiger partial charge in [-0.25, -0.2) is 0 Å². The van der Waals surface area contributed by atoms with Crippen LogP contribution in [0.5, 0.6) is 0 Å². The van der Waals surface area contributed by atoms with Crippen LogP contribution in [0.25, 0.3) is 0 Å². The zero-order valence-electron chi connectivity index (χ0n) is 10.0. The topological polar surface area (TPSA) is 38.3 Å². The lowest BCUT2D eigenvalue weighted by atomic mass is 9.95. The molecule has 1 aliphatic carbocycles. The minimum absolute atomic E-state index is 0.0615. The van der Waals surface area contributed by atoms with Crippen LogP contribution >= 0.6 is 0 Å². The van der Waals surface area contributed by atoms with Crippen LogP contribution in [0.4, 0.5) is 0 Å².